The first-order valence-electron chi connectivity index (χ1n) is 9.71. The van der Waals surface area contributed by atoms with Crippen LogP contribution in [-0.2, 0) is 6.54 Å². The molecule has 4 rings (SSSR count). The summed E-state index contributed by atoms with van der Waals surface area (Å²) in [6.45, 7) is 1.75. The third-order valence-electron chi connectivity index (χ3n) is 5.38. The first-order chi connectivity index (χ1) is 14.2. The fourth-order valence-corrected chi connectivity index (χ4v) is 3.67. The van der Waals surface area contributed by atoms with Crippen molar-refractivity contribution >= 4 is 0 Å². The second kappa shape index (κ2) is 8.63. The quantitative estimate of drug-likeness (QED) is 0.659. The van der Waals surface area contributed by atoms with Gasteiger partial charge in [0.15, 0.2) is 0 Å². The molecule has 7 heteroatoms. The average molecular weight is 394 g/mol. The van der Waals surface area contributed by atoms with E-state index in [-0.39, 0.29) is 6.04 Å². The lowest BCUT2D eigenvalue weighted by Gasteiger charge is -2.14. The molecule has 1 saturated heterocycles. The highest BCUT2D eigenvalue weighted by Crippen LogP contribution is 2.31. The van der Waals surface area contributed by atoms with E-state index < -0.39 is 0 Å². The molecule has 7 nitrogen and oxygen atoms in total. The van der Waals surface area contributed by atoms with E-state index in [1.54, 1.807) is 14.2 Å². The maximum absolute atomic E-state index is 5.59. The van der Waals surface area contributed by atoms with E-state index >= 15 is 0 Å². The molecule has 0 bridgehead atoms. The minimum absolute atomic E-state index is 0.114. The summed E-state index contributed by atoms with van der Waals surface area (Å²) in [5, 5.41) is 7.80. The number of hydrogen-bond donors (Lipinski definition) is 1. The Hall–Kier alpha value is -2.90. The smallest absolute Gasteiger partial charge is 0.244 e. The molecular weight excluding hydrogens is 368 g/mol. The second-order valence-corrected chi connectivity index (χ2v) is 7.30. The summed E-state index contributed by atoms with van der Waals surface area (Å²) in [6, 6.07) is 16.3. The molecule has 152 valence electrons. The summed E-state index contributed by atoms with van der Waals surface area (Å²) in [5.41, 5.74) is 2.15. The molecule has 0 spiro atoms. The van der Waals surface area contributed by atoms with Gasteiger partial charge >= 0.3 is 0 Å². The van der Waals surface area contributed by atoms with Crippen LogP contribution in [0.2, 0.25) is 0 Å². The Morgan fingerprint density at radius 1 is 1.03 bits per heavy atom. The lowest BCUT2D eigenvalue weighted by Crippen LogP contribution is -2.30. The van der Waals surface area contributed by atoms with Gasteiger partial charge in [-0.25, -0.2) is 0 Å². The van der Waals surface area contributed by atoms with E-state index in [2.05, 4.69) is 39.5 Å². The topological polar surface area (TPSA) is 72.6 Å². The van der Waals surface area contributed by atoms with Crippen LogP contribution in [-0.4, -0.2) is 48.9 Å². The Bertz CT molecular complexity index is 924. The lowest BCUT2D eigenvalue weighted by atomic mass is 10.1. The summed E-state index contributed by atoms with van der Waals surface area (Å²) >= 11 is 0. The fourth-order valence-electron chi connectivity index (χ4n) is 3.67. The van der Waals surface area contributed by atoms with Crippen LogP contribution in [0, 0.1) is 0 Å². The van der Waals surface area contributed by atoms with Crippen LogP contribution in [0.3, 0.4) is 0 Å². The Kier molecular flexibility index (Phi) is 5.78. The van der Waals surface area contributed by atoms with Gasteiger partial charge in [-0.3, -0.25) is 4.90 Å². The van der Waals surface area contributed by atoms with Crippen LogP contribution in [0.4, 0.5) is 0 Å². The molecule has 1 aliphatic rings. The number of likely N-dealkylation sites (tertiary alicyclic amines) is 1. The van der Waals surface area contributed by atoms with Gasteiger partial charge in [-0.05, 0) is 55.4 Å². The molecule has 1 aliphatic heterocycles. The molecule has 1 fully saturated rings. The van der Waals surface area contributed by atoms with Gasteiger partial charge in [0.2, 0.25) is 11.7 Å². The SMILES string of the molecule is COc1ccc(CN[C@H]2C[C@@H](c3nc(-c4ccc(OC)cc4)no3)N(C)C2)cc1. The van der Waals surface area contributed by atoms with Crippen LogP contribution >= 0.6 is 0 Å². The molecule has 1 N–H and O–H groups in total. The molecular formula is C22H26N4O3. The van der Waals surface area contributed by atoms with Gasteiger partial charge in [0.1, 0.15) is 11.5 Å². The molecule has 2 aromatic carbocycles. The minimum Gasteiger partial charge on any atom is -0.497 e. The van der Waals surface area contributed by atoms with Crippen LogP contribution in [0.1, 0.15) is 23.9 Å². The average Bonchev–Trinajstić information content (AvgIpc) is 3.39. The summed E-state index contributed by atoms with van der Waals surface area (Å²) in [5.74, 6) is 2.94. The Balaban J connectivity index is 1.37. The number of ether oxygens (including phenoxy) is 2. The summed E-state index contributed by atoms with van der Waals surface area (Å²) in [6.07, 6.45) is 0.927. The first kappa shape index (κ1) is 19.4. The van der Waals surface area contributed by atoms with Crippen LogP contribution in [0.15, 0.2) is 53.1 Å². The van der Waals surface area contributed by atoms with Crippen molar-refractivity contribution in [2.45, 2.75) is 25.0 Å². The van der Waals surface area contributed by atoms with Gasteiger partial charge in [-0.15, -0.1) is 0 Å². The summed E-state index contributed by atoms with van der Waals surface area (Å²) in [4.78, 5) is 6.90. The third kappa shape index (κ3) is 4.41. The molecule has 1 aromatic heterocycles. The zero-order valence-electron chi connectivity index (χ0n) is 17.0. The number of nitrogens with one attached hydrogen (secondary N) is 1. The number of hydrogen-bond acceptors (Lipinski definition) is 7. The molecule has 0 saturated carbocycles. The van der Waals surface area contributed by atoms with Crippen molar-refractivity contribution in [1.82, 2.24) is 20.4 Å². The standard InChI is InChI=1S/C22H26N4O3/c1-26-14-17(23-13-15-4-8-18(27-2)9-5-15)12-20(26)22-24-21(25-29-22)16-6-10-19(28-3)11-7-16/h4-11,17,20,23H,12-14H2,1-3H3/t17-,20-/m0/s1. The van der Waals surface area contributed by atoms with Crippen molar-refractivity contribution in [2.75, 3.05) is 27.8 Å². The molecule has 0 unspecified atom stereocenters. The molecule has 0 amide bonds. The van der Waals surface area contributed by atoms with Crippen molar-refractivity contribution in [2.24, 2.45) is 0 Å². The second-order valence-electron chi connectivity index (χ2n) is 7.30. The van der Waals surface area contributed by atoms with Crippen LogP contribution in [0.25, 0.3) is 11.4 Å². The molecule has 3 aromatic rings. The Morgan fingerprint density at radius 2 is 1.69 bits per heavy atom. The van der Waals surface area contributed by atoms with Crippen LogP contribution < -0.4 is 14.8 Å². The predicted octanol–water partition coefficient (Wildman–Crippen LogP) is 3.29. The highest BCUT2D eigenvalue weighted by atomic mass is 16.5. The lowest BCUT2D eigenvalue weighted by molar-refractivity contribution is 0.244. The summed E-state index contributed by atoms with van der Waals surface area (Å²) in [7, 11) is 5.42. The first-order valence-corrected chi connectivity index (χ1v) is 9.71. The van der Waals surface area contributed by atoms with Crippen molar-refractivity contribution in [3.8, 4) is 22.9 Å². The van der Waals surface area contributed by atoms with E-state index in [0.29, 0.717) is 17.8 Å². The molecule has 2 atom stereocenters. The van der Waals surface area contributed by atoms with Gasteiger partial charge in [0.25, 0.3) is 0 Å². The van der Waals surface area contributed by atoms with Gasteiger partial charge in [0, 0.05) is 24.7 Å². The number of aromatic nitrogens is 2. The number of methoxy groups -OCH3 is 2. The predicted molar refractivity (Wildman–Crippen MR) is 110 cm³/mol. The van der Waals surface area contributed by atoms with Crippen molar-refractivity contribution in [1.29, 1.82) is 0 Å². The van der Waals surface area contributed by atoms with Crippen molar-refractivity contribution in [3.63, 3.8) is 0 Å². The number of likely N-dealkylation sites (N-methyl/N-ethyl adjacent to an activating group) is 1. The largest absolute Gasteiger partial charge is 0.497 e. The van der Waals surface area contributed by atoms with E-state index in [1.165, 1.54) is 5.56 Å². The monoisotopic (exact) mass is 394 g/mol. The van der Waals surface area contributed by atoms with E-state index in [9.17, 15) is 0 Å². The van der Waals surface area contributed by atoms with E-state index in [1.807, 2.05) is 36.4 Å². The van der Waals surface area contributed by atoms with Gasteiger partial charge in [0.05, 0.1) is 20.3 Å². The van der Waals surface area contributed by atoms with Gasteiger partial charge in [-0.1, -0.05) is 17.3 Å². The fraction of sp³-hybridized carbons (Fsp3) is 0.364. The number of benzene rings is 2. The number of rotatable bonds is 7. The van der Waals surface area contributed by atoms with E-state index in [4.69, 9.17) is 14.0 Å². The minimum atomic E-state index is 0.114. The maximum atomic E-state index is 5.59. The molecule has 0 aliphatic carbocycles. The van der Waals surface area contributed by atoms with E-state index in [0.717, 1.165) is 36.6 Å². The Morgan fingerprint density at radius 3 is 2.34 bits per heavy atom. The zero-order chi connectivity index (χ0) is 20.2. The molecule has 0 radical (unpaired) electrons. The van der Waals surface area contributed by atoms with Gasteiger partial charge in [-0.2, -0.15) is 4.98 Å². The molecule has 29 heavy (non-hydrogen) atoms. The Labute approximate surface area is 170 Å². The zero-order valence-corrected chi connectivity index (χ0v) is 17.0. The highest BCUT2D eigenvalue weighted by molar-refractivity contribution is 5.55. The highest BCUT2D eigenvalue weighted by Gasteiger charge is 2.34. The summed E-state index contributed by atoms with van der Waals surface area (Å²) < 4.78 is 16.0. The van der Waals surface area contributed by atoms with Crippen LogP contribution in [0.5, 0.6) is 11.5 Å². The molecule has 2 heterocycles. The van der Waals surface area contributed by atoms with Crippen molar-refractivity contribution in [3.05, 3.63) is 60.0 Å². The van der Waals surface area contributed by atoms with Gasteiger partial charge < -0.3 is 19.3 Å². The maximum Gasteiger partial charge on any atom is 0.244 e. The third-order valence-corrected chi connectivity index (χ3v) is 5.38. The number of nitrogens with zero attached hydrogens (tertiary/aromatic N) is 3. The normalized spacial score (nSPS) is 19.4. The van der Waals surface area contributed by atoms with Crippen molar-refractivity contribution < 1.29 is 14.0 Å².